The second-order valence-electron chi connectivity index (χ2n) is 31.4. The summed E-state index contributed by atoms with van der Waals surface area (Å²) in [6.45, 7) is 54.6. The van der Waals surface area contributed by atoms with Crippen LogP contribution >= 0.6 is 15.8 Å². The Bertz CT molecular complexity index is 2910. The molecule has 2 aliphatic heterocycles. The van der Waals surface area contributed by atoms with E-state index in [9.17, 15) is 0 Å². The Kier molecular flexibility index (Phi) is 17.2. The van der Waals surface area contributed by atoms with Crippen molar-refractivity contribution in [1.82, 2.24) is 0 Å². The van der Waals surface area contributed by atoms with E-state index < -0.39 is 28.4 Å². The molecule has 0 spiro atoms. The van der Waals surface area contributed by atoms with Gasteiger partial charge in [0.1, 0.15) is 23.0 Å². The van der Waals surface area contributed by atoms with Gasteiger partial charge in [0.15, 0.2) is 23.0 Å². The minimum Gasteiger partial charge on any atom is -0.496 e. The predicted molar refractivity (Wildman–Crippen MR) is 356 cm³/mol. The molecule has 0 amide bonds. The summed E-state index contributed by atoms with van der Waals surface area (Å²) in [5.41, 5.74) is 7.74. The molecule has 8 nitrogen and oxygen atoms in total. The molecule has 2 heterocycles. The standard InChI is InChI=1S/C74H100O8P2/c1-67(2,3)49-33-45(34-50(61(49)75-25)68(4,5)6)83(46-35-51(69(7,8)9)62(76-26)52(36-46)70(10,11)12)43-29-31-57-59(41-43)81-65(79-57)66-80-58-32-30-44(42-60(58)82-66)84(47-37-53(71(13,14)15)63(77-27)54(38-47)72(16,17)18)48-39-55(73(19,20)21)64(78-28)56(40-48)74(22,23)24/h29-42,65-66H,1-28H3. The summed E-state index contributed by atoms with van der Waals surface area (Å²) in [6, 6.07) is 32.1. The molecule has 0 radical (unpaired) electrons. The van der Waals surface area contributed by atoms with Gasteiger partial charge in [0.2, 0.25) is 0 Å². The Balaban J connectivity index is 1.25. The van der Waals surface area contributed by atoms with E-state index in [1.54, 1.807) is 28.4 Å². The summed E-state index contributed by atoms with van der Waals surface area (Å²) in [4.78, 5) is 0. The summed E-state index contributed by atoms with van der Waals surface area (Å²) in [6.07, 6.45) is -1.76. The van der Waals surface area contributed by atoms with Crippen LogP contribution in [0.3, 0.4) is 0 Å². The summed E-state index contributed by atoms with van der Waals surface area (Å²) in [5.74, 6) is 6.34. The number of methoxy groups -OCH3 is 4. The van der Waals surface area contributed by atoms with Crippen molar-refractivity contribution >= 4 is 47.7 Å². The lowest BCUT2D eigenvalue weighted by Gasteiger charge is -2.34. The van der Waals surface area contributed by atoms with E-state index in [0.717, 1.165) is 33.6 Å². The molecule has 0 aliphatic carbocycles. The van der Waals surface area contributed by atoms with Gasteiger partial charge >= 0.3 is 12.6 Å². The Hall–Kier alpha value is -5.42. The Morgan fingerprint density at radius 2 is 0.429 bits per heavy atom. The van der Waals surface area contributed by atoms with Gasteiger partial charge in [-0.3, -0.25) is 0 Å². The SMILES string of the molecule is COc1c(C(C)(C)C)cc(P(c2ccc3c(c2)OC(C2Oc4ccc(P(c5cc(C(C)(C)C)c(OC)c(C(C)(C)C)c5)c5cc(C(C)(C)C)c(OC)c(C(C)(C)C)c5)cc4O2)O3)c2cc(C(C)(C)C)c(OC)c(C(C)(C)C)c2)cc1C(C)(C)C. The van der Waals surface area contributed by atoms with Crippen LogP contribution in [-0.2, 0) is 43.3 Å². The smallest absolute Gasteiger partial charge is 0.316 e. The Morgan fingerprint density at radius 1 is 0.250 bits per heavy atom. The fourth-order valence-corrected chi connectivity index (χ4v) is 16.4. The van der Waals surface area contributed by atoms with Crippen LogP contribution in [0.1, 0.15) is 211 Å². The molecule has 10 heteroatoms. The summed E-state index contributed by atoms with van der Waals surface area (Å²) in [5, 5.41) is 7.17. The summed E-state index contributed by atoms with van der Waals surface area (Å²) >= 11 is 0. The molecular formula is C74H100O8P2. The zero-order chi connectivity index (χ0) is 62.6. The maximum atomic E-state index is 6.89. The maximum Gasteiger partial charge on any atom is 0.316 e. The number of hydrogen-bond donors (Lipinski definition) is 0. The first-order valence-electron chi connectivity index (χ1n) is 30.0. The number of hydrogen-bond acceptors (Lipinski definition) is 8. The molecular weight excluding hydrogens is 1080 g/mol. The maximum absolute atomic E-state index is 6.89. The van der Waals surface area contributed by atoms with Crippen LogP contribution < -0.4 is 69.7 Å². The monoisotopic (exact) mass is 1180 g/mol. The molecule has 0 aromatic heterocycles. The first-order chi connectivity index (χ1) is 38.5. The van der Waals surface area contributed by atoms with Crippen LogP contribution in [0.5, 0.6) is 46.0 Å². The highest BCUT2D eigenvalue weighted by atomic mass is 31.1. The second kappa shape index (κ2) is 22.4. The van der Waals surface area contributed by atoms with Crippen LogP contribution in [0.15, 0.2) is 84.9 Å². The minimum atomic E-state index is -1.21. The molecule has 0 fully saturated rings. The predicted octanol–water partition coefficient (Wildman–Crippen LogP) is 16.5. The third-order valence-corrected chi connectivity index (χ3v) is 20.9. The molecule has 0 bridgehead atoms. The van der Waals surface area contributed by atoms with Crippen molar-refractivity contribution in [2.45, 2.75) is 222 Å². The van der Waals surface area contributed by atoms with E-state index in [1.165, 1.54) is 65.7 Å². The lowest BCUT2D eigenvalue weighted by molar-refractivity contribution is -0.117. The van der Waals surface area contributed by atoms with Crippen LogP contribution in [0.4, 0.5) is 0 Å². The average Bonchev–Trinajstić information content (AvgIpc) is 1.80. The molecule has 6 aromatic carbocycles. The van der Waals surface area contributed by atoms with Crippen LogP contribution in [0.2, 0.25) is 0 Å². The van der Waals surface area contributed by atoms with Gasteiger partial charge in [-0.15, -0.1) is 0 Å². The third-order valence-electron chi connectivity index (χ3n) is 16.2. The van der Waals surface area contributed by atoms with Gasteiger partial charge in [0.25, 0.3) is 0 Å². The van der Waals surface area contributed by atoms with Gasteiger partial charge in [-0.1, -0.05) is 166 Å². The van der Waals surface area contributed by atoms with Gasteiger partial charge in [0, 0.05) is 44.5 Å². The molecule has 0 saturated carbocycles. The van der Waals surface area contributed by atoms with E-state index in [0.29, 0.717) is 23.0 Å². The number of benzene rings is 6. The van der Waals surface area contributed by atoms with Crippen molar-refractivity contribution in [1.29, 1.82) is 0 Å². The Labute approximate surface area is 508 Å². The van der Waals surface area contributed by atoms with Gasteiger partial charge in [0.05, 0.1) is 28.4 Å². The molecule has 84 heavy (non-hydrogen) atoms. The second-order valence-corrected chi connectivity index (χ2v) is 35.9. The molecule has 2 aliphatic rings. The number of fused-ring (bicyclic) bond motifs is 2. The fourth-order valence-electron chi connectivity index (χ4n) is 11.6. The zero-order valence-corrected chi connectivity index (χ0v) is 58.2. The van der Waals surface area contributed by atoms with E-state index in [-0.39, 0.29) is 43.3 Å². The molecule has 454 valence electrons. The van der Waals surface area contributed by atoms with Gasteiger partial charge in [-0.25, -0.2) is 0 Å². The van der Waals surface area contributed by atoms with Crippen molar-refractivity contribution in [3.8, 4) is 46.0 Å². The van der Waals surface area contributed by atoms with Crippen molar-refractivity contribution in [3.63, 3.8) is 0 Å². The summed E-state index contributed by atoms with van der Waals surface area (Å²) < 4.78 is 52.5. The van der Waals surface area contributed by atoms with E-state index in [4.69, 9.17) is 37.9 Å². The highest BCUT2D eigenvalue weighted by Gasteiger charge is 2.42. The van der Waals surface area contributed by atoms with E-state index in [2.05, 4.69) is 251 Å². The molecule has 2 atom stereocenters. The molecule has 0 N–H and O–H groups in total. The Morgan fingerprint density at radius 3 is 0.595 bits per heavy atom. The quantitative estimate of drug-likeness (QED) is 0.119. The number of rotatable bonds is 11. The number of ether oxygens (including phenoxy) is 8. The average molecular weight is 1180 g/mol. The zero-order valence-electron chi connectivity index (χ0n) is 56.4. The van der Waals surface area contributed by atoms with Crippen molar-refractivity contribution in [2.24, 2.45) is 0 Å². The van der Waals surface area contributed by atoms with Crippen molar-refractivity contribution in [2.75, 3.05) is 28.4 Å². The highest BCUT2D eigenvalue weighted by molar-refractivity contribution is 7.80. The third kappa shape index (κ3) is 12.8. The first-order valence-corrected chi connectivity index (χ1v) is 32.7. The lowest BCUT2D eigenvalue weighted by atomic mass is 9.79. The molecule has 6 aromatic rings. The van der Waals surface area contributed by atoms with Gasteiger partial charge in [-0.05, 0) is 176 Å². The molecule has 8 rings (SSSR count). The fraction of sp³-hybridized carbons (Fsp3) is 0.514. The first kappa shape index (κ1) is 64.6. The van der Waals surface area contributed by atoms with Gasteiger partial charge in [-0.2, -0.15) is 0 Å². The van der Waals surface area contributed by atoms with Crippen molar-refractivity contribution < 1.29 is 37.9 Å². The highest BCUT2D eigenvalue weighted by Crippen LogP contribution is 2.51. The van der Waals surface area contributed by atoms with E-state index >= 15 is 0 Å². The van der Waals surface area contributed by atoms with Gasteiger partial charge < -0.3 is 37.9 Å². The minimum absolute atomic E-state index is 0.207. The van der Waals surface area contributed by atoms with Crippen LogP contribution in [0.25, 0.3) is 0 Å². The van der Waals surface area contributed by atoms with Crippen LogP contribution in [0, 0.1) is 0 Å². The topological polar surface area (TPSA) is 73.8 Å². The lowest BCUT2D eigenvalue weighted by Crippen LogP contribution is -2.39. The summed E-state index contributed by atoms with van der Waals surface area (Å²) in [7, 11) is 4.79. The molecule has 0 saturated heterocycles. The van der Waals surface area contributed by atoms with E-state index in [1.807, 2.05) is 0 Å². The van der Waals surface area contributed by atoms with Crippen molar-refractivity contribution in [3.05, 3.63) is 129 Å². The largest absolute Gasteiger partial charge is 0.496 e. The molecule has 2 unspecified atom stereocenters. The normalized spacial score (nSPS) is 16.0. The van der Waals surface area contributed by atoms with Crippen LogP contribution in [-0.4, -0.2) is 41.0 Å².